The molecule has 2 N–H and O–H groups in total. The van der Waals surface area contributed by atoms with Gasteiger partial charge in [-0.15, -0.1) is 0 Å². The number of hydrogen-bond acceptors (Lipinski definition) is 6. The minimum Gasteiger partial charge on any atom is -0.504 e. The number of carbonyl (C=O) groups excluding carboxylic acids is 1. The van der Waals surface area contributed by atoms with Crippen LogP contribution in [-0.4, -0.2) is 41.1 Å². The Labute approximate surface area is 142 Å². The molecule has 1 saturated heterocycles. The van der Waals surface area contributed by atoms with Crippen LogP contribution in [0.4, 0.5) is 0 Å². The van der Waals surface area contributed by atoms with Gasteiger partial charge in [0, 0.05) is 5.82 Å². The molecule has 132 valence electrons. The fourth-order valence-electron chi connectivity index (χ4n) is 2.65. The summed E-state index contributed by atoms with van der Waals surface area (Å²) in [5, 5.41) is 20.0. The Bertz CT molecular complexity index is 597. The van der Waals surface area contributed by atoms with E-state index in [1.807, 2.05) is 27.7 Å². The molecule has 0 saturated carbocycles. The van der Waals surface area contributed by atoms with Crippen molar-refractivity contribution in [2.24, 2.45) is 0 Å². The summed E-state index contributed by atoms with van der Waals surface area (Å²) in [5.74, 6) is -1.54. The molecule has 1 fully saturated rings. The normalized spacial score (nSPS) is 20.0. The predicted octanol–water partition coefficient (Wildman–Crippen LogP) is 2.77. The number of ether oxygens (including phenoxy) is 1. The standard InChI is InChI=1S/C17H25BO6/c1-6-22-14(20)10-12(11-8-7-9-13(19)15(11)21)18-23-16(2,3)17(4,5)24-18/h7-9,12,19,21H,6,10H2,1-5H3. The van der Waals surface area contributed by atoms with E-state index in [1.165, 1.54) is 6.07 Å². The van der Waals surface area contributed by atoms with Crippen LogP contribution in [0.2, 0.25) is 0 Å². The van der Waals surface area contributed by atoms with Gasteiger partial charge in [0.2, 0.25) is 0 Å². The van der Waals surface area contributed by atoms with Crippen molar-refractivity contribution in [2.45, 2.75) is 58.1 Å². The van der Waals surface area contributed by atoms with Crippen LogP contribution in [0.5, 0.6) is 11.5 Å². The van der Waals surface area contributed by atoms with Crippen LogP contribution in [0.3, 0.4) is 0 Å². The highest BCUT2D eigenvalue weighted by Gasteiger charge is 2.54. The van der Waals surface area contributed by atoms with E-state index in [0.717, 1.165) is 0 Å². The maximum Gasteiger partial charge on any atom is 0.466 e. The maximum absolute atomic E-state index is 12.0. The molecule has 1 heterocycles. The Kier molecular flexibility index (Phi) is 5.15. The predicted molar refractivity (Wildman–Crippen MR) is 89.8 cm³/mol. The van der Waals surface area contributed by atoms with Crippen molar-refractivity contribution in [1.82, 2.24) is 0 Å². The molecular weight excluding hydrogens is 311 g/mol. The average Bonchev–Trinajstić information content (AvgIpc) is 2.68. The van der Waals surface area contributed by atoms with E-state index in [9.17, 15) is 15.0 Å². The third-order valence-electron chi connectivity index (χ3n) is 4.74. The quantitative estimate of drug-likeness (QED) is 0.489. The molecule has 24 heavy (non-hydrogen) atoms. The van der Waals surface area contributed by atoms with Crippen molar-refractivity contribution in [1.29, 1.82) is 0 Å². The molecular formula is C17H25BO6. The lowest BCUT2D eigenvalue weighted by atomic mass is 9.66. The Morgan fingerprint density at radius 2 is 1.79 bits per heavy atom. The summed E-state index contributed by atoms with van der Waals surface area (Å²) in [6, 6.07) is 4.63. The zero-order valence-electron chi connectivity index (χ0n) is 14.8. The maximum atomic E-state index is 12.0. The van der Waals surface area contributed by atoms with Gasteiger partial charge in [0.25, 0.3) is 0 Å². The van der Waals surface area contributed by atoms with Crippen LogP contribution in [0.1, 0.15) is 52.4 Å². The van der Waals surface area contributed by atoms with Gasteiger partial charge < -0.3 is 24.3 Å². The first-order chi connectivity index (χ1) is 11.1. The molecule has 6 nitrogen and oxygen atoms in total. The molecule has 0 aromatic heterocycles. The van der Waals surface area contributed by atoms with Crippen LogP contribution in [-0.2, 0) is 18.8 Å². The first kappa shape index (κ1) is 18.6. The molecule has 1 aromatic rings. The highest BCUT2D eigenvalue weighted by Crippen LogP contribution is 2.44. The molecule has 0 spiro atoms. The van der Waals surface area contributed by atoms with Gasteiger partial charge in [-0.2, -0.15) is 0 Å². The number of phenolic OH excluding ortho intramolecular Hbond substituents is 2. The zero-order chi connectivity index (χ0) is 18.1. The fourth-order valence-corrected chi connectivity index (χ4v) is 2.65. The minimum absolute atomic E-state index is 0.0261. The topological polar surface area (TPSA) is 85.2 Å². The molecule has 1 aliphatic rings. The van der Waals surface area contributed by atoms with Crippen molar-refractivity contribution in [2.75, 3.05) is 6.61 Å². The second-order valence-electron chi connectivity index (χ2n) is 6.96. The smallest absolute Gasteiger partial charge is 0.466 e. The first-order valence-electron chi connectivity index (χ1n) is 8.11. The van der Waals surface area contributed by atoms with Crippen LogP contribution in [0.25, 0.3) is 0 Å². The molecule has 1 aliphatic heterocycles. The van der Waals surface area contributed by atoms with Gasteiger partial charge in [-0.05, 0) is 46.2 Å². The van der Waals surface area contributed by atoms with Crippen LogP contribution in [0.15, 0.2) is 18.2 Å². The van der Waals surface area contributed by atoms with E-state index in [2.05, 4.69) is 0 Å². The van der Waals surface area contributed by atoms with Crippen molar-refractivity contribution >= 4 is 13.1 Å². The number of para-hydroxylation sites is 1. The number of rotatable bonds is 5. The van der Waals surface area contributed by atoms with Crippen LogP contribution in [0, 0.1) is 0 Å². The van der Waals surface area contributed by atoms with E-state index in [-0.39, 0.29) is 24.5 Å². The van der Waals surface area contributed by atoms with Crippen molar-refractivity contribution in [3.05, 3.63) is 23.8 Å². The summed E-state index contributed by atoms with van der Waals surface area (Å²) in [5.41, 5.74) is -0.754. The van der Waals surface area contributed by atoms with E-state index in [1.54, 1.807) is 19.1 Å². The zero-order valence-corrected chi connectivity index (χ0v) is 14.8. The molecule has 1 unspecified atom stereocenters. The lowest BCUT2D eigenvalue weighted by molar-refractivity contribution is -0.143. The van der Waals surface area contributed by atoms with Crippen LogP contribution >= 0.6 is 0 Å². The Hall–Kier alpha value is -1.73. The highest BCUT2D eigenvalue weighted by molar-refractivity contribution is 6.48. The SMILES string of the molecule is CCOC(=O)CC(B1OC(C)(C)C(C)(C)O1)c1cccc(O)c1O. The van der Waals surface area contributed by atoms with Gasteiger partial charge in [0.1, 0.15) is 0 Å². The van der Waals surface area contributed by atoms with Gasteiger partial charge in [0.15, 0.2) is 11.5 Å². The molecule has 0 aliphatic carbocycles. The second-order valence-corrected chi connectivity index (χ2v) is 6.96. The summed E-state index contributed by atoms with van der Waals surface area (Å²) in [7, 11) is -0.743. The largest absolute Gasteiger partial charge is 0.504 e. The van der Waals surface area contributed by atoms with Crippen molar-refractivity contribution in [3.8, 4) is 11.5 Å². The molecule has 7 heteroatoms. The highest BCUT2D eigenvalue weighted by atomic mass is 16.7. The molecule has 0 amide bonds. The number of hydrogen-bond donors (Lipinski definition) is 2. The number of benzene rings is 1. The monoisotopic (exact) mass is 336 g/mol. The van der Waals surface area contributed by atoms with Gasteiger partial charge >= 0.3 is 13.1 Å². The molecule has 0 radical (unpaired) electrons. The Balaban J connectivity index is 2.37. The molecule has 1 atom stereocenters. The first-order valence-corrected chi connectivity index (χ1v) is 8.11. The van der Waals surface area contributed by atoms with E-state index < -0.39 is 30.1 Å². The lowest BCUT2D eigenvalue weighted by Crippen LogP contribution is -2.41. The number of aromatic hydroxyl groups is 2. The fraction of sp³-hybridized carbons (Fsp3) is 0.588. The van der Waals surface area contributed by atoms with Crippen molar-refractivity contribution < 1.29 is 29.1 Å². The summed E-state index contributed by atoms with van der Waals surface area (Å²) >= 11 is 0. The van der Waals surface area contributed by atoms with Crippen molar-refractivity contribution in [3.63, 3.8) is 0 Å². The summed E-state index contributed by atoms with van der Waals surface area (Å²) < 4.78 is 17.1. The van der Waals surface area contributed by atoms with E-state index in [0.29, 0.717) is 5.56 Å². The van der Waals surface area contributed by atoms with Gasteiger partial charge in [0.05, 0.1) is 24.2 Å². The average molecular weight is 336 g/mol. The summed E-state index contributed by atoms with van der Waals surface area (Å²) in [6.45, 7) is 9.65. The Morgan fingerprint density at radius 1 is 1.21 bits per heavy atom. The van der Waals surface area contributed by atoms with E-state index in [4.69, 9.17) is 14.0 Å². The third kappa shape index (κ3) is 3.52. The molecule has 2 rings (SSSR count). The molecule has 0 bridgehead atoms. The van der Waals surface area contributed by atoms with Gasteiger partial charge in [-0.1, -0.05) is 12.1 Å². The number of carbonyl (C=O) groups is 1. The Morgan fingerprint density at radius 3 is 2.33 bits per heavy atom. The minimum atomic E-state index is -0.743. The summed E-state index contributed by atoms with van der Waals surface area (Å²) in [4.78, 5) is 12.0. The van der Waals surface area contributed by atoms with E-state index >= 15 is 0 Å². The van der Waals surface area contributed by atoms with Crippen LogP contribution < -0.4 is 0 Å². The van der Waals surface area contributed by atoms with Gasteiger partial charge in [-0.3, -0.25) is 4.79 Å². The van der Waals surface area contributed by atoms with Gasteiger partial charge in [-0.25, -0.2) is 0 Å². The molecule has 1 aromatic carbocycles. The number of phenols is 2. The second kappa shape index (κ2) is 6.65. The third-order valence-corrected chi connectivity index (χ3v) is 4.74. The summed E-state index contributed by atoms with van der Waals surface area (Å²) in [6.07, 6.45) is -0.0261. The lowest BCUT2D eigenvalue weighted by Gasteiger charge is -2.32. The number of esters is 1.